The first-order chi connectivity index (χ1) is 28.2. The maximum absolute atomic E-state index is 6.24. The first-order valence-corrected chi connectivity index (χ1v) is 18.9. The molecule has 12 rings (SSSR count). The number of aromatic nitrogens is 3. The Morgan fingerprint density at radius 1 is 0.263 bits per heavy atom. The van der Waals surface area contributed by atoms with Crippen molar-refractivity contribution in [2.24, 2.45) is 0 Å². The first-order valence-electron chi connectivity index (χ1n) is 18.9. The highest BCUT2D eigenvalue weighted by Gasteiger charge is 2.18. The van der Waals surface area contributed by atoms with Crippen LogP contribution in [0.1, 0.15) is 0 Å². The molecule has 0 saturated heterocycles. The summed E-state index contributed by atoms with van der Waals surface area (Å²) in [7, 11) is 0. The number of nitrogens with zero attached hydrogens (tertiary/aromatic N) is 3. The molecule has 0 aliphatic rings. The summed E-state index contributed by atoms with van der Waals surface area (Å²) in [5, 5.41) is 6.43. The minimum atomic E-state index is 0.578. The molecule has 0 atom stereocenters. The summed E-state index contributed by atoms with van der Waals surface area (Å²) < 4.78 is 18.6. The molecule has 0 N–H and O–H groups in total. The summed E-state index contributed by atoms with van der Waals surface area (Å²) in [4.78, 5) is 15.4. The molecule has 12 aromatic rings. The van der Waals surface area contributed by atoms with E-state index in [-0.39, 0.29) is 0 Å². The van der Waals surface area contributed by atoms with Crippen LogP contribution in [0.15, 0.2) is 189 Å². The molecule has 0 saturated carbocycles. The van der Waals surface area contributed by atoms with Crippen molar-refractivity contribution in [3.63, 3.8) is 0 Å². The average Bonchev–Trinajstić information content (AvgIpc) is 3.97. The third-order valence-corrected chi connectivity index (χ3v) is 11.0. The van der Waals surface area contributed by atoms with E-state index in [0.717, 1.165) is 105 Å². The van der Waals surface area contributed by atoms with Crippen LogP contribution >= 0.6 is 0 Å². The molecule has 0 bridgehead atoms. The monoisotopic (exact) mass is 731 g/mol. The van der Waals surface area contributed by atoms with Gasteiger partial charge in [-0.1, -0.05) is 121 Å². The fourth-order valence-electron chi connectivity index (χ4n) is 8.28. The number of benzene rings is 8. The van der Waals surface area contributed by atoms with Crippen LogP contribution in [0.25, 0.3) is 122 Å². The SMILES string of the molecule is c1cc(-c2nc(-c3ccc(-c4cccc5oc6ccccc6c45)cc3)nc(-c3ccc4oc5ccccc5c4c3)n2)cc(-c2cccc3oc4ccccc4c23)c1. The highest BCUT2D eigenvalue weighted by atomic mass is 16.3. The van der Waals surface area contributed by atoms with Crippen LogP contribution in [0.5, 0.6) is 0 Å². The second-order valence-electron chi connectivity index (χ2n) is 14.3. The lowest BCUT2D eigenvalue weighted by Crippen LogP contribution is -2.00. The molecule has 8 aromatic carbocycles. The van der Waals surface area contributed by atoms with Gasteiger partial charge >= 0.3 is 0 Å². The normalized spacial score (nSPS) is 11.9. The number of para-hydroxylation sites is 3. The number of rotatable bonds is 5. The van der Waals surface area contributed by atoms with Gasteiger partial charge in [0, 0.05) is 49.0 Å². The van der Waals surface area contributed by atoms with Gasteiger partial charge in [0.1, 0.15) is 33.5 Å². The van der Waals surface area contributed by atoms with Gasteiger partial charge in [-0.25, -0.2) is 15.0 Å². The number of furan rings is 3. The van der Waals surface area contributed by atoms with Crippen molar-refractivity contribution in [3.05, 3.63) is 176 Å². The second-order valence-corrected chi connectivity index (χ2v) is 14.3. The van der Waals surface area contributed by atoms with E-state index in [2.05, 4.69) is 97.1 Å². The molecule has 0 unspecified atom stereocenters. The quantitative estimate of drug-likeness (QED) is 0.175. The van der Waals surface area contributed by atoms with E-state index in [4.69, 9.17) is 28.2 Å². The molecule has 0 aliphatic heterocycles. The fourth-order valence-corrected chi connectivity index (χ4v) is 8.28. The van der Waals surface area contributed by atoms with Gasteiger partial charge < -0.3 is 13.3 Å². The molecule has 266 valence electrons. The van der Waals surface area contributed by atoms with E-state index in [0.29, 0.717) is 17.5 Å². The predicted molar refractivity (Wildman–Crippen MR) is 229 cm³/mol. The van der Waals surface area contributed by atoms with Crippen LogP contribution in [-0.4, -0.2) is 15.0 Å². The van der Waals surface area contributed by atoms with Crippen molar-refractivity contribution in [1.82, 2.24) is 15.0 Å². The Kier molecular flexibility index (Phi) is 6.83. The van der Waals surface area contributed by atoms with Crippen LogP contribution in [0, 0.1) is 0 Å². The van der Waals surface area contributed by atoms with Crippen molar-refractivity contribution in [2.45, 2.75) is 0 Å². The summed E-state index contributed by atoms with van der Waals surface area (Å²) in [6.45, 7) is 0. The lowest BCUT2D eigenvalue weighted by atomic mass is 9.97. The average molecular weight is 732 g/mol. The molecule has 0 radical (unpaired) electrons. The van der Waals surface area contributed by atoms with Gasteiger partial charge in [0.05, 0.1) is 0 Å². The third-order valence-electron chi connectivity index (χ3n) is 11.0. The van der Waals surface area contributed by atoms with Crippen LogP contribution in [0.4, 0.5) is 0 Å². The Morgan fingerprint density at radius 3 is 1.33 bits per heavy atom. The summed E-state index contributed by atoms with van der Waals surface area (Å²) in [6.07, 6.45) is 0. The highest BCUT2D eigenvalue weighted by Crippen LogP contribution is 2.40. The van der Waals surface area contributed by atoms with Gasteiger partial charge in [0.25, 0.3) is 0 Å². The zero-order valence-corrected chi connectivity index (χ0v) is 30.3. The van der Waals surface area contributed by atoms with Crippen molar-refractivity contribution in [3.8, 4) is 56.4 Å². The maximum Gasteiger partial charge on any atom is 0.164 e. The first kappa shape index (κ1) is 31.5. The second kappa shape index (κ2) is 12.3. The topological polar surface area (TPSA) is 78.1 Å². The number of fused-ring (bicyclic) bond motifs is 9. The zero-order valence-electron chi connectivity index (χ0n) is 30.3. The Balaban J connectivity index is 1.01. The molecule has 57 heavy (non-hydrogen) atoms. The summed E-state index contributed by atoms with van der Waals surface area (Å²) in [5.74, 6) is 1.74. The maximum atomic E-state index is 6.24. The molecule has 0 aliphatic carbocycles. The van der Waals surface area contributed by atoms with Gasteiger partial charge in [-0.2, -0.15) is 0 Å². The Hall–Kier alpha value is -7.83. The molecule has 4 heterocycles. The van der Waals surface area contributed by atoms with E-state index in [1.807, 2.05) is 78.9 Å². The van der Waals surface area contributed by atoms with Crippen molar-refractivity contribution < 1.29 is 13.3 Å². The third kappa shape index (κ3) is 5.08. The van der Waals surface area contributed by atoms with E-state index in [9.17, 15) is 0 Å². The Bertz CT molecular complexity index is 3540. The van der Waals surface area contributed by atoms with Gasteiger partial charge in [-0.15, -0.1) is 0 Å². The van der Waals surface area contributed by atoms with Gasteiger partial charge in [-0.05, 0) is 76.9 Å². The van der Waals surface area contributed by atoms with Crippen molar-refractivity contribution in [1.29, 1.82) is 0 Å². The molecule has 6 nitrogen and oxygen atoms in total. The highest BCUT2D eigenvalue weighted by molar-refractivity contribution is 6.13. The molecule has 0 amide bonds. The molecule has 6 heteroatoms. The zero-order chi connectivity index (χ0) is 37.5. The fraction of sp³-hybridized carbons (Fsp3) is 0. The van der Waals surface area contributed by atoms with Gasteiger partial charge in [0.15, 0.2) is 17.5 Å². The smallest absolute Gasteiger partial charge is 0.164 e. The molecule has 4 aromatic heterocycles. The van der Waals surface area contributed by atoms with Gasteiger partial charge in [-0.3, -0.25) is 0 Å². The van der Waals surface area contributed by atoms with E-state index < -0.39 is 0 Å². The van der Waals surface area contributed by atoms with E-state index in [1.54, 1.807) is 0 Å². The minimum Gasteiger partial charge on any atom is -0.456 e. The van der Waals surface area contributed by atoms with Crippen LogP contribution < -0.4 is 0 Å². The Labute approximate surface area is 325 Å². The molecule has 0 fully saturated rings. The summed E-state index contributed by atoms with van der Waals surface area (Å²) >= 11 is 0. The number of hydrogen-bond acceptors (Lipinski definition) is 6. The molecular formula is C51H29N3O3. The lowest BCUT2D eigenvalue weighted by Gasteiger charge is -2.11. The Morgan fingerprint density at radius 2 is 0.684 bits per heavy atom. The van der Waals surface area contributed by atoms with E-state index >= 15 is 0 Å². The minimum absolute atomic E-state index is 0.578. The van der Waals surface area contributed by atoms with Crippen molar-refractivity contribution >= 4 is 65.8 Å². The van der Waals surface area contributed by atoms with Crippen molar-refractivity contribution in [2.75, 3.05) is 0 Å². The largest absolute Gasteiger partial charge is 0.456 e. The van der Waals surface area contributed by atoms with E-state index in [1.165, 1.54) is 0 Å². The predicted octanol–water partition coefficient (Wildman–Crippen LogP) is 13.9. The molecule has 0 spiro atoms. The molecular weight excluding hydrogens is 703 g/mol. The van der Waals surface area contributed by atoms with Crippen LogP contribution in [-0.2, 0) is 0 Å². The lowest BCUT2D eigenvalue weighted by molar-refractivity contribution is 0.668. The van der Waals surface area contributed by atoms with Crippen LogP contribution in [0.2, 0.25) is 0 Å². The number of hydrogen-bond donors (Lipinski definition) is 0. The van der Waals surface area contributed by atoms with Crippen LogP contribution in [0.3, 0.4) is 0 Å². The standard InChI is InChI=1S/C51H29N3O3/c1-4-17-41-37(12-1)40-29-34(26-27-44(40)55-41)51-53-49(31-24-22-30(23-25-31)35-15-8-20-45-47(35)38-13-2-5-18-42(38)56-45)52-50(54-51)33-11-7-10-32(28-33)36-16-9-21-46-48(36)39-14-3-6-19-43(39)57-46/h1-29H. The van der Waals surface area contributed by atoms with Gasteiger partial charge in [0.2, 0.25) is 0 Å². The summed E-state index contributed by atoms with van der Waals surface area (Å²) in [5.41, 5.74) is 12.1. The summed E-state index contributed by atoms with van der Waals surface area (Å²) in [6, 6.07) is 59.9.